The molecule has 1 aromatic heterocycles. The molecule has 0 saturated carbocycles. The molecule has 0 unspecified atom stereocenters. The Hall–Kier alpha value is -1.43. The van der Waals surface area contributed by atoms with Crippen LogP contribution in [0.25, 0.3) is 0 Å². The average molecular weight is 339 g/mol. The number of hydrogen-bond acceptors (Lipinski definition) is 3. The maximum Gasteiger partial charge on any atom is 0.258 e. The van der Waals surface area contributed by atoms with Crippen molar-refractivity contribution in [2.75, 3.05) is 0 Å². The van der Waals surface area contributed by atoms with Gasteiger partial charge in [0.1, 0.15) is 0 Å². The summed E-state index contributed by atoms with van der Waals surface area (Å²) >= 11 is 12.8. The van der Waals surface area contributed by atoms with Crippen LogP contribution in [-0.4, -0.2) is 17.1 Å². The quantitative estimate of drug-likeness (QED) is 0.836. The summed E-state index contributed by atoms with van der Waals surface area (Å²) in [5.41, 5.74) is 0.411. The normalized spacial score (nSPS) is 11.7. The maximum atomic E-state index is 12.1. The summed E-state index contributed by atoms with van der Waals surface area (Å²) < 4.78 is 0. The standard InChI is InChI=1S/C15H15ClN2OS2/c1-10(9-11-5-4-8-21-11)17-15(20)18-14(19)12-6-2-3-7-13(12)16/h2-8,10H,9H2,1H3,(H2,17,18,19,20)/t10-/m1/s1. The Labute approximate surface area is 138 Å². The molecule has 1 amide bonds. The van der Waals surface area contributed by atoms with Crippen molar-refractivity contribution >= 4 is 46.2 Å². The number of thiophene rings is 1. The first-order chi connectivity index (χ1) is 10.1. The molecule has 2 rings (SSSR count). The zero-order valence-corrected chi connectivity index (χ0v) is 13.8. The van der Waals surface area contributed by atoms with E-state index in [4.69, 9.17) is 23.8 Å². The molecule has 2 aromatic rings. The fraction of sp³-hybridized carbons (Fsp3) is 0.200. The molecule has 0 fully saturated rings. The van der Waals surface area contributed by atoms with Crippen LogP contribution in [0.1, 0.15) is 22.2 Å². The smallest absolute Gasteiger partial charge is 0.258 e. The van der Waals surface area contributed by atoms with Gasteiger partial charge in [0.15, 0.2) is 5.11 Å². The first-order valence-corrected chi connectivity index (χ1v) is 8.11. The van der Waals surface area contributed by atoms with Crippen molar-refractivity contribution in [3.8, 4) is 0 Å². The van der Waals surface area contributed by atoms with Crippen molar-refractivity contribution in [1.82, 2.24) is 10.6 Å². The molecular formula is C15H15ClN2OS2. The summed E-state index contributed by atoms with van der Waals surface area (Å²) in [5, 5.41) is 8.51. The average Bonchev–Trinajstić information content (AvgIpc) is 2.91. The van der Waals surface area contributed by atoms with Crippen LogP contribution in [0.15, 0.2) is 41.8 Å². The number of nitrogens with one attached hydrogen (secondary N) is 2. The Kier molecular flexibility index (Phi) is 5.73. The predicted molar refractivity (Wildman–Crippen MR) is 92.1 cm³/mol. The van der Waals surface area contributed by atoms with Gasteiger partial charge in [-0.15, -0.1) is 11.3 Å². The van der Waals surface area contributed by atoms with Crippen molar-refractivity contribution in [2.45, 2.75) is 19.4 Å². The van der Waals surface area contributed by atoms with Gasteiger partial charge in [0.25, 0.3) is 5.91 Å². The summed E-state index contributed by atoms with van der Waals surface area (Å²) in [7, 11) is 0. The van der Waals surface area contributed by atoms with Gasteiger partial charge in [-0.05, 0) is 42.7 Å². The van der Waals surface area contributed by atoms with Gasteiger partial charge >= 0.3 is 0 Å². The van der Waals surface area contributed by atoms with E-state index in [9.17, 15) is 4.79 Å². The van der Waals surface area contributed by atoms with E-state index in [2.05, 4.69) is 16.7 Å². The van der Waals surface area contributed by atoms with Crippen LogP contribution in [0.3, 0.4) is 0 Å². The lowest BCUT2D eigenvalue weighted by Crippen LogP contribution is -2.44. The number of rotatable bonds is 4. The number of hydrogen-bond donors (Lipinski definition) is 2. The molecule has 21 heavy (non-hydrogen) atoms. The van der Waals surface area contributed by atoms with E-state index in [1.165, 1.54) is 4.88 Å². The molecule has 0 saturated heterocycles. The molecular weight excluding hydrogens is 324 g/mol. The first-order valence-electron chi connectivity index (χ1n) is 6.45. The van der Waals surface area contributed by atoms with Crippen molar-refractivity contribution in [3.05, 3.63) is 57.2 Å². The number of halogens is 1. The monoisotopic (exact) mass is 338 g/mol. The second kappa shape index (κ2) is 7.54. The van der Waals surface area contributed by atoms with Crippen molar-refractivity contribution in [2.24, 2.45) is 0 Å². The summed E-state index contributed by atoms with van der Waals surface area (Å²) in [4.78, 5) is 13.3. The van der Waals surface area contributed by atoms with Crippen LogP contribution >= 0.6 is 35.2 Å². The topological polar surface area (TPSA) is 41.1 Å². The lowest BCUT2D eigenvalue weighted by Gasteiger charge is -2.16. The van der Waals surface area contributed by atoms with Crippen LogP contribution in [0, 0.1) is 0 Å². The van der Waals surface area contributed by atoms with Crippen LogP contribution in [-0.2, 0) is 6.42 Å². The molecule has 0 spiro atoms. The molecule has 2 N–H and O–H groups in total. The SMILES string of the molecule is C[C@H](Cc1cccs1)NC(=S)NC(=O)c1ccccc1Cl. The number of amides is 1. The van der Waals surface area contributed by atoms with Crippen molar-refractivity contribution in [1.29, 1.82) is 0 Å². The number of benzene rings is 1. The molecule has 1 aromatic carbocycles. The second-order valence-electron chi connectivity index (χ2n) is 4.59. The first kappa shape index (κ1) is 15.9. The Morgan fingerprint density at radius 3 is 2.76 bits per heavy atom. The van der Waals surface area contributed by atoms with Gasteiger partial charge in [-0.2, -0.15) is 0 Å². The van der Waals surface area contributed by atoms with E-state index in [1.807, 2.05) is 18.4 Å². The number of carbonyl (C=O) groups is 1. The highest BCUT2D eigenvalue weighted by Gasteiger charge is 2.12. The highest BCUT2D eigenvalue weighted by atomic mass is 35.5. The van der Waals surface area contributed by atoms with Crippen LogP contribution < -0.4 is 10.6 Å². The van der Waals surface area contributed by atoms with E-state index in [0.717, 1.165) is 6.42 Å². The molecule has 3 nitrogen and oxygen atoms in total. The lowest BCUT2D eigenvalue weighted by atomic mass is 10.2. The molecule has 0 aliphatic rings. The third-order valence-corrected chi connectivity index (χ3v) is 4.26. The third kappa shape index (κ3) is 4.81. The molecule has 0 aliphatic heterocycles. The van der Waals surface area contributed by atoms with Crippen LogP contribution in [0.2, 0.25) is 5.02 Å². The Balaban J connectivity index is 1.87. The minimum absolute atomic E-state index is 0.141. The fourth-order valence-corrected chi connectivity index (χ4v) is 3.21. The summed E-state index contributed by atoms with van der Waals surface area (Å²) in [5.74, 6) is -0.304. The fourth-order valence-electron chi connectivity index (χ4n) is 1.86. The van der Waals surface area contributed by atoms with E-state index in [1.54, 1.807) is 35.6 Å². The van der Waals surface area contributed by atoms with Gasteiger partial charge in [-0.3, -0.25) is 10.1 Å². The largest absolute Gasteiger partial charge is 0.360 e. The Morgan fingerprint density at radius 2 is 2.10 bits per heavy atom. The van der Waals surface area contributed by atoms with Gasteiger partial charge in [-0.1, -0.05) is 29.8 Å². The molecule has 0 bridgehead atoms. The highest BCUT2D eigenvalue weighted by Crippen LogP contribution is 2.14. The van der Waals surface area contributed by atoms with Crippen LogP contribution in [0.4, 0.5) is 0 Å². The van der Waals surface area contributed by atoms with Gasteiger partial charge < -0.3 is 5.32 Å². The van der Waals surface area contributed by atoms with Crippen molar-refractivity contribution in [3.63, 3.8) is 0 Å². The predicted octanol–water partition coefficient (Wildman–Crippen LogP) is 3.64. The van der Waals surface area contributed by atoms with Crippen LogP contribution in [0.5, 0.6) is 0 Å². The molecule has 1 heterocycles. The number of thiocarbonyl (C=S) groups is 1. The summed E-state index contributed by atoms with van der Waals surface area (Å²) in [6, 6.07) is 11.1. The zero-order valence-electron chi connectivity index (χ0n) is 11.4. The van der Waals surface area contributed by atoms with Gasteiger partial charge in [-0.25, -0.2) is 0 Å². The molecule has 0 aliphatic carbocycles. The van der Waals surface area contributed by atoms with Crippen molar-refractivity contribution < 1.29 is 4.79 Å². The van der Waals surface area contributed by atoms with E-state index in [-0.39, 0.29) is 11.9 Å². The van der Waals surface area contributed by atoms with E-state index >= 15 is 0 Å². The number of carbonyl (C=O) groups excluding carboxylic acids is 1. The van der Waals surface area contributed by atoms with Gasteiger partial charge in [0, 0.05) is 17.3 Å². The summed E-state index contributed by atoms with van der Waals surface area (Å²) in [6.45, 7) is 2.02. The van der Waals surface area contributed by atoms with E-state index < -0.39 is 0 Å². The Bertz CT molecular complexity index is 628. The van der Waals surface area contributed by atoms with Gasteiger partial charge in [0.2, 0.25) is 0 Å². The molecule has 0 radical (unpaired) electrons. The van der Waals surface area contributed by atoms with E-state index in [0.29, 0.717) is 15.7 Å². The minimum atomic E-state index is -0.304. The lowest BCUT2D eigenvalue weighted by molar-refractivity contribution is 0.0976. The summed E-state index contributed by atoms with van der Waals surface area (Å²) in [6.07, 6.45) is 0.861. The highest BCUT2D eigenvalue weighted by molar-refractivity contribution is 7.80. The molecule has 1 atom stereocenters. The minimum Gasteiger partial charge on any atom is -0.360 e. The second-order valence-corrected chi connectivity index (χ2v) is 6.44. The molecule has 6 heteroatoms. The zero-order chi connectivity index (χ0) is 15.2. The maximum absolute atomic E-state index is 12.1. The molecule has 110 valence electrons. The third-order valence-electron chi connectivity index (χ3n) is 2.81. The van der Waals surface area contributed by atoms with Gasteiger partial charge in [0.05, 0.1) is 10.6 Å². The Morgan fingerprint density at radius 1 is 1.33 bits per heavy atom.